The monoisotopic (exact) mass is 515 g/mol. The number of aliphatic hydroxyl groups excluding tert-OH is 1. The molecule has 0 spiro atoms. The van der Waals surface area contributed by atoms with Crippen molar-refractivity contribution in [2.45, 2.75) is 95.8 Å². The van der Waals surface area contributed by atoms with Gasteiger partial charge >= 0.3 is 6.09 Å². The number of halogens is 2. The van der Waals surface area contributed by atoms with Gasteiger partial charge in [0.15, 0.2) is 5.65 Å². The predicted octanol–water partition coefficient (Wildman–Crippen LogP) is 4.16. The second-order valence-corrected chi connectivity index (χ2v) is 13.0. The van der Waals surface area contributed by atoms with E-state index in [0.29, 0.717) is 16.9 Å². The maximum atomic E-state index is 13.8. The van der Waals surface area contributed by atoms with Crippen molar-refractivity contribution in [1.29, 1.82) is 0 Å². The van der Waals surface area contributed by atoms with E-state index in [1.807, 2.05) is 0 Å². The normalized spacial score (nSPS) is 19.8. The lowest BCUT2D eigenvalue weighted by molar-refractivity contribution is -0.0500. The van der Waals surface area contributed by atoms with Gasteiger partial charge in [-0.15, -0.1) is 0 Å². The number of aromatic nitrogens is 3. The first kappa shape index (κ1) is 27.4. The number of hydrogen-bond acceptors (Lipinski definition) is 6. The van der Waals surface area contributed by atoms with Crippen LogP contribution in [0.15, 0.2) is 18.5 Å². The summed E-state index contributed by atoms with van der Waals surface area (Å²) in [5, 5.41) is 17.6. The van der Waals surface area contributed by atoms with Crippen molar-refractivity contribution >= 4 is 22.7 Å². The summed E-state index contributed by atoms with van der Waals surface area (Å²) in [5.41, 5.74) is 0.481. The summed E-state index contributed by atoms with van der Waals surface area (Å²) in [7, 11) is -1.51. The third kappa shape index (κ3) is 7.40. The van der Waals surface area contributed by atoms with Crippen LogP contribution in [0.3, 0.4) is 0 Å². The Hall–Kier alpha value is -2.18. The van der Waals surface area contributed by atoms with Gasteiger partial charge in [0, 0.05) is 18.4 Å². The molecule has 12 heteroatoms. The fourth-order valence-electron chi connectivity index (χ4n) is 3.82. The van der Waals surface area contributed by atoms with Crippen LogP contribution in [0.5, 0.6) is 0 Å². The summed E-state index contributed by atoms with van der Waals surface area (Å²) < 4.78 is 48.8. The van der Waals surface area contributed by atoms with Gasteiger partial charge in [0.05, 0.1) is 39.9 Å². The lowest BCUT2D eigenvalue weighted by Gasteiger charge is -2.33. The summed E-state index contributed by atoms with van der Waals surface area (Å²) in [6, 6.07) is 0.940. The van der Waals surface area contributed by atoms with Crippen LogP contribution >= 0.6 is 0 Å². The minimum Gasteiger partial charge on any atom is -0.444 e. The van der Waals surface area contributed by atoms with Crippen LogP contribution in [-0.4, -0.2) is 46.3 Å². The first-order chi connectivity index (χ1) is 16.0. The van der Waals surface area contributed by atoms with E-state index in [1.54, 1.807) is 53.8 Å². The van der Waals surface area contributed by atoms with Crippen LogP contribution < -0.4 is 10.0 Å². The number of alkyl carbamates (subject to hydrolysis) is 1. The number of nitrogens with zero attached hydrogens (tertiary/aromatic N) is 3. The molecule has 1 aliphatic carbocycles. The molecular weight excluding hydrogens is 480 g/mol. The lowest BCUT2D eigenvalue weighted by atomic mass is 9.81. The molecule has 0 saturated heterocycles. The summed E-state index contributed by atoms with van der Waals surface area (Å²) in [5.74, 6) is -2.97. The highest BCUT2D eigenvalue weighted by Gasteiger charge is 2.39. The number of rotatable bonds is 6. The van der Waals surface area contributed by atoms with Gasteiger partial charge in [0.1, 0.15) is 11.8 Å². The highest BCUT2D eigenvalue weighted by atomic mass is 32.2. The summed E-state index contributed by atoms with van der Waals surface area (Å²) in [6.07, 6.45) is 1.08. The number of hydrogen-bond donors (Lipinski definition) is 3. The van der Waals surface area contributed by atoms with Crippen molar-refractivity contribution in [3.8, 4) is 0 Å². The number of carbonyl (C=O) groups is 1. The highest BCUT2D eigenvalue weighted by molar-refractivity contribution is 7.84. The number of imidazole rings is 1. The number of amides is 1. The van der Waals surface area contributed by atoms with Gasteiger partial charge in [-0.25, -0.2) is 32.0 Å². The first-order valence-corrected chi connectivity index (χ1v) is 12.8. The number of ether oxygens (including phenoxy) is 1. The van der Waals surface area contributed by atoms with E-state index in [-0.39, 0.29) is 31.6 Å². The molecule has 2 aromatic heterocycles. The quantitative estimate of drug-likeness (QED) is 0.497. The first-order valence-electron chi connectivity index (χ1n) is 11.6. The van der Waals surface area contributed by atoms with E-state index in [0.717, 1.165) is 0 Å². The minimum absolute atomic E-state index is 0.223. The molecule has 3 rings (SSSR count). The van der Waals surface area contributed by atoms with Gasteiger partial charge in [-0.3, -0.25) is 0 Å². The Labute approximate surface area is 206 Å². The zero-order chi connectivity index (χ0) is 26.2. The summed E-state index contributed by atoms with van der Waals surface area (Å²) in [4.78, 5) is 17.1. The van der Waals surface area contributed by atoms with Gasteiger partial charge < -0.3 is 15.2 Å². The standard InChI is InChI=1S/C23H35F2N5O4S/c1-21(2,3)34-20(32)28-18(14-7-9-23(24,25)10-8-14)16-13-30-17(27-16)11-15(12-26-30)19(31)29-35(33)22(4,5)6/h11-14,18-19,29,31H,7-10H2,1-6H3,(H,28,32)/t18-,19+,35-/m0/s1. The number of aliphatic hydroxyl groups is 1. The number of alkyl halides is 2. The van der Waals surface area contributed by atoms with Crippen LogP contribution in [0.25, 0.3) is 5.65 Å². The van der Waals surface area contributed by atoms with E-state index >= 15 is 0 Å². The molecule has 1 aliphatic rings. The van der Waals surface area contributed by atoms with Gasteiger partial charge in [0.2, 0.25) is 5.92 Å². The maximum absolute atomic E-state index is 13.8. The summed E-state index contributed by atoms with van der Waals surface area (Å²) in [6.45, 7) is 10.6. The SMILES string of the molecule is CC(C)(C)OC(=O)N[C@H](c1cn2ncc([C@@H](O)N[S@@](=O)C(C)(C)C)cc2n1)C1CCC(F)(F)CC1. The molecule has 0 unspecified atom stereocenters. The number of nitrogens with one attached hydrogen (secondary N) is 2. The smallest absolute Gasteiger partial charge is 0.408 e. The van der Waals surface area contributed by atoms with E-state index in [4.69, 9.17) is 4.74 Å². The molecular formula is C23H35F2N5O4S. The molecule has 196 valence electrons. The highest BCUT2D eigenvalue weighted by Crippen LogP contribution is 2.41. The summed E-state index contributed by atoms with van der Waals surface area (Å²) >= 11 is 0. The Bertz CT molecular complexity index is 1070. The lowest BCUT2D eigenvalue weighted by Crippen LogP contribution is -2.40. The zero-order valence-corrected chi connectivity index (χ0v) is 21.8. The average Bonchev–Trinajstić information content (AvgIpc) is 3.13. The van der Waals surface area contributed by atoms with Crippen LogP contribution in [0.2, 0.25) is 0 Å². The van der Waals surface area contributed by atoms with Crippen molar-refractivity contribution in [2.75, 3.05) is 0 Å². The molecule has 9 nitrogen and oxygen atoms in total. The Morgan fingerprint density at radius 1 is 1.26 bits per heavy atom. The van der Waals surface area contributed by atoms with E-state index in [9.17, 15) is 22.9 Å². The Morgan fingerprint density at radius 2 is 1.89 bits per heavy atom. The minimum atomic E-state index is -2.71. The molecule has 35 heavy (non-hydrogen) atoms. The molecule has 2 heterocycles. The predicted molar refractivity (Wildman–Crippen MR) is 128 cm³/mol. The molecule has 1 fully saturated rings. The van der Waals surface area contributed by atoms with E-state index in [2.05, 4.69) is 20.1 Å². The zero-order valence-electron chi connectivity index (χ0n) is 21.0. The van der Waals surface area contributed by atoms with Gasteiger partial charge in [-0.05, 0) is 66.4 Å². The van der Waals surface area contributed by atoms with Crippen molar-refractivity contribution in [1.82, 2.24) is 24.6 Å². The number of fused-ring (bicyclic) bond motifs is 1. The van der Waals surface area contributed by atoms with Crippen LogP contribution in [0.1, 0.15) is 90.8 Å². The van der Waals surface area contributed by atoms with Gasteiger partial charge in [-0.1, -0.05) is 0 Å². The van der Waals surface area contributed by atoms with Crippen LogP contribution in [0.4, 0.5) is 13.6 Å². The molecule has 1 amide bonds. The number of carbonyl (C=O) groups excluding carboxylic acids is 1. The second kappa shape index (κ2) is 10.1. The van der Waals surface area contributed by atoms with Crippen molar-refractivity contribution in [2.24, 2.45) is 5.92 Å². The maximum Gasteiger partial charge on any atom is 0.408 e. The Balaban J connectivity index is 1.87. The molecule has 0 aromatic carbocycles. The average molecular weight is 516 g/mol. The third-order valence-electron chi connectivity index (χ3n) is 5.67. The fraction of sp³-hybridized carbons (Fsp3) is 0.696. The fourth-order valence-corrected chi connectivity index (χ4v) is 4.51. The topological polar surface area (TPSA) is 118 Å². The molecule has 0 aliphatic heterocycles. The Kier molecular flexibility index (Phi) is 7.88. The molecule has 0 radical (unpaired) electrons. The second-order valence-electron chi connectivity index (χ2n) is 11.0. The van der Waals surface area contributed by atoms with Crippen molar-refractivity contribution < 1.29 is 27.6 Å². The van der Waals surface area contributed by atoms with Crippen molar-refractivity contribution in [3.05, 3.63) is 29.7 Å². The Morgan fingerprint density at radius 3 is 2.46 bits per heavy atom. The van der Waals surface area contributed by atoms with Crippen LogP contribution in [0, 0.1) is 5.92 Å². The molecule has 2 aromatic rings. The largest absolute Gasteiger partial charge is 0.444 e. The van der Waals surface area contributed by atoms with Gasteiger partial charge in [0.25, 0.3) is 0 Å². The van der Waals surface area contributed by atoms with E-state index in [1.165, 1.54) is 10.7 Å². The van der Waals surface area contributed by atoms with E-state index < -0.39 is 45.6 Å². The molecule has 3 atom stereocenters. The van der Waals surface area contributed by atoms with Crippen molar-refractivity contribution in [3.63, 3.8) is 0 Å². The van der Waals surface area contributed by atoms with Gasteiger partial charge in [-0.2, -0.15) is 5.10 Å². The molecule has 3 N–H and O–H groups in total. The third-order valence-corrected chi connectivity index (χ3v) is 7.22. The molecule has 0 bridgehead atoms. The molecule has 1 saturated carbocycles. The van der Waals surface area contributed by atoms with Crippen LogP contribution in [-0.2, 0) is 15.7 Å².